The highest BCUT2D eigenvalue weighted by Gasteiger charge is 2.36. The predicted molar refractivity (Wildman–Crippen MR) is 84.2 cm³/mol. The van der Waals surface area contributed by atoms with Gasteiger partial charge in [-0.2, -0.15) is 0 Å². The molecule has 0 aliphatic heterocycles. The van der Waals surface area contributed by atoms with Crippen LogP contribution in [0.15, 0.2) is 24.3 Å². The molecule has 21 heavy (non-hydrogen) atoms. The zero-order chi connectivity index (χ0) is 15.1. The lowest BCUT2D eigenvalue weighted by molar-refractivity contribution is -0.122. The molecule has 1 saturated carbocycles. The minimum Gasteiger partial charge on any atom is -0.383 e. The van der Waals surface area contributed by atoms with Crippen molar-refractivity contribution in [2.45, 2.75) is 38.1 Å². The Kier molecular flexibility index (Phi) is 5.76. The van der Waals surface area contributed by atoms with Gasteiger partial charge in [0.15, 0.2) is 0 Å². The third-order valence-corrected chi connectivity index (χ3v) is 4.17. The molecule has 1 aliphatic rings. The Bertz CT molecular complexity index is 468. The van der Waals surface area contributed by atoms with Gasteiger partial charge in [-0.3, -0.25) is 4.79 Å². The van der Waals surface area contributed by atoms with E-state index in [2.05, 4.69) is 41.8 Å². The number of aryl methyl sites for hydroxylation is 1. The zero-order valence-electron chi connectivity index (χ0n) is 13.1. The number of methoxy groups -OCH3 is 1. The fraction of sp³-hybridized carbons (Fsp3) is 0.588. The van der Waals surface area contributed by atoms with Crippen molar-refractivity contribution in [2.75, 3.05) is 26.8 Å². The topological polar surface area (TPSA) is 50.4 Å². The monoisotopic (exact) mass is 290 g/mol. The highest BCUT2D eigenvalue weighted by atomic mass is 16.5. The second-order valence-corrected chi connectivity index (χ2v) is 5.88. The first kappa shape index (κ1) is 16.0. The Hall–Kier alpha value is -1.39. The summed E-state index contributed by atoms with van der Waals surface area (Å²) in [5.41, 5.74) is 2.31. The van der Waals surface area contributed by atoms with E-state index in [0.717, 1.165) is 12.8 Å². The largest absolute Gasteiger partial charge is 0.383 e. The van der Waals surface area contributed by atoms with Crippen LogP contribution >= 0.6 is 0 Å². The van der Waals surface area contributed by atoms with E-state index < -0.39 is 0 Å². The van der Waals surface area contributed by atoms with E-state index in [1.54, 1.807) is 7.11 Å². The van der Waals surface area contributed by atoms with Gasteiger partial charge < -0.3 is 15.4 Å². The van der Waals surface area contributed by atoms with Crippen molar-refractivity contribution in [1.82, 2.24) is 10.6 Å². The van der Waals surface area contributed by atoms with E-state index in [0.29, 0.717) is 19.7 Å². The van der Waals surface area contributed by atoms with Crippen LogP contribution in [0.1, 0.15) is 36.8 Å². The van der Waals surface area contributed by atoms with Crippen LogP contribution in [0.5, 0.6) is 0 Å². The molecule has 0 spiro atoms. The molecule has 4 heteroatoms. The van der Waals surface area contributed by atoms with Gasteiger partial charge in [0.1, 0.15) is 0 Å². The van der Waals surface area contributed by atoms with E-state index in [-0.39, 0.29) is 11.4 Å². The number of amides is 1. The highest BCUT2D eigenvalue weighted by Crippen LogP contribution is 2.38. The summed E-state index contributed by atoms with van der Waals surface area (Å²) in [5, 5.41) is 6.37. The van der Waals surface area contributed by atoms with Gasteiger partial charge >= 0.3 is 0 Å². The van der Waals surface area contributed by atoms with Crippen LogP contribution in [-0.4, -0.2) is 32.7 Å². The predicted octanol–water partition coefficient (Wildman–Crippen LogP) is 2.12. The SMILES string of the molecule is COCCNCC(=O)NC1(c2cccc(C)c2)CCCC1. The molecule has 0 radical (unpaired) electrons. The maximum atomic E-state index is 12.2. The fourth-order valence-electron chi connectivity index (χ4n) is 3.09. The fourth-order valence-corrected chi connectivity index (χ4v) is 3.09. The molecular weight excluding hydrogens is 264 g/mol. The van der Waals surface area contributed by atoms with Gasteiger partial charge in [0.05, 0.1) is 18.7 Å². The highest BCUT2D eigenvalue weighted by molar-refractivity contribution is 5.79. The molecular formula is C17H26N2O2. The molecule has 4 nitrogen and oxygen atoms in total. The zero-order valence-corrected chi connectivity index (χ0v) is 13.1. The lowest BCUT2D eigenvalue weighted by Crippen LogP contribution is -2.47. The summed E-state index contributed by atoms with van der Waals surface area (Å²) in [5.74, 6) is 0.0644. The number of carbonyl (C=O) groups excluding carboxylic acids is 1. The Morgan fingerprint density at radius 2 is 2.10 bits per heavy atom. The number of hydrogen-bond donors (Lipinski definition) is 2. The van der Waals surface area contributed by atoms with E-state index in [9.17, 15) is 4.79 Å². The lowest BCUT2D eigenvalue weighted by atomic mass is 9.87. The molecule has 1 fully saturated rings. The Morgan fingerprint density at radius 1 is 1.33 bits per heavy atom. The van der Waals surface area contributed by atoms with Gasteiger partial charge in [-0.1, -0.05) is 42.7 Å². The molecule has 0 bridgehead atoms. The van der Waals surface area contributed by atoms with E-state index >= 15 is 0 Å². The number of ether oxygens (including phenoxy) is 1. The number of hydrogen-bond acceptors (Lipinski definition) is 3. The average Bonchev–Trinajstić information content (AvgIpc) is 2.93. The van der Waals surface area contributed by atoms with E-state index in [4.69, 9.17) is 4.74 Å². The van der Waals surface area contributed by atoms with Crippen LogP contribution in [0.25, 0.3) is 0 Å². The molecule has 0 unspecified atom stereocenters. The van der Waals surface area contributed by atoms with Crippen molar-refractivity contribution >= 4 is 5.91 Å². The molecule has 116 valence electrons. The second kappa shape index (κ2) is 7.57. The number of rotatable bonds is 7. The quantitative estimate of drug-likeness (QED) is 0.756. The number of benzene rings is 1. The second-order valence-electron chi connectivity index (χ2n) is 5.88. The molecule has 1 amide bonds. The summed E-state index contributed by atoms with van der Waals surface area (Å²) >= 11 is 0. The summed E-state index contributed by atoms with van der Waals surface area (Å²) in [6.45, 7) is 3.76. The van der Waals surface area contributed by atoms with Crippen molar-refractivity contribution in [3.63, 3.8) is 0 Å². The Balaban J connectivity index is 2.00. The molecule has 0 heterocycles. The molecule has 2 N–H and O–H groups in total. The van der Waals surface area contributed by atoms with Gasteiger partial charge in [-0.05, 0) is 25.3 Å². The summed E-state index contributed by atoms with van der Waals surface area (Å²) in [6.07, 6.45) is 4.40. The van der Waals surface area contributed by atoms with Crippen molar-refractivity contribution in [3.05, 3.63) is 35.4 Å². The Morgan fingerprint density at radius 3 is 2.76 bits per heavy atom. The Labute approximate surface area is 127 Å². The smallest absolute Gasteiger partial charge is 0.234 e. The van der Waals surface area contributed by atoms with Crippen LogP contribution in [0.2, 0.25) is 0 Å². The van der Waals surface area contributed by atoms with Gasteiger partial charge in [0.25, 0.3) is 0 Å². The molecule has 0 atom stereocenters. The van der Waals surface area contributed by atoms with Crippen LogP contribution < -0.4 is 10.6 Å². The maximum absolute atomic E-state index is 12.2. The van der Waals surface area contributed by atoms with Crippen molar-refractivity contribution in [1.29, 1.82) is 0 Å². The first-order chi connectivity index (χ1) is 10.2. The normalized spacial score (nSPS) is 16.9. The van der Waals surface area contributed by atoms with Crippen molar-refractivity contribution in [3.8, 4) is 0 Å². The van der Waals surface area contributed by atoms with Crippen LogP contribution in [0.4, 0.5) is 0 Å². The summed E-state index contributed by atoms with van der Waals surface area (Å²) in [7, 11) is 1.66. The van der Waals surface area contributed by atoms with Crippen LogP contribution in [0, 0.1) is 6.92 Å². The molecule has 2 rings (SSSR count). The molecule has 0 aromatic heterocycles. The number of nitrogens with one attached hydrogen (secondary N) is 2. The third-order valence-electron chi connectivity index (χ3n) is 4.17. The third kappa shape index (κ3) is 4.29. The van der Waals surface area contributed by atoms with Gasteiger partial charge in [0, 0.05) is 13.7 Å². The van der Waals surface area contributed by atoms with Crippen molar-refractivity contribution < 1.29 is 9.53 Å². The van der Waals surface area contributed by atoms with Gasteiger partial charge in [-0.15, -0.1) is 0 Å². The van der Waals surface area contributed by atoms with Gasteiger partial charge in [-0.25, -0.2) is 0 Å². The standard InChI is InChI=1S/C17H26N2O2/c1-14-6-5-7-15(12-14)17(8-3-4-9-17)19-16(20)13-18-10-11-21-2/h5-7,12,18H,3-4,8-11,13H2,1-2H3,(H,19,20). The minimum absolute atomic E-state index is 0.0644. The summed E-state index contributed by atoms with van der Waals surface area (Å²) in [4.78, 5) is 12.2. The minimum atomic E-state index is -0.175. The molecule has 0 saturated heterocycles. The number of carbonyl (C=O) groups is 1. The first-order valence-corrected chi connectivity index (χ1v) is 7.74. The van der Waals surface area contributed by atoms with E-state index in [1.165, 1.54) is 24.0 Å². The maximum Gasteiger partial charge on any atom is 0.234 e. The molecule has 1 aromatic rings. The van der Waals surface area contributed by atoms with E-state index in [1.807, 2.05) is 0 Å². The average molecular weight is 290 g/mol. The molecule has 1 aliphatic carbocycles. The lowest BCUT2D eigenvalue weighted by Gasteiger charge is -2.31. The molecule has 1 aromatic carbocycles. The summed E-state index contributed by atoms with van der Waals surface area (Å²) < 4.78 is 4.97. The van der Waals surface area contributed by atoms with Gasteiger partial charge in [0.2, 0.25) is 5.91 Å². The first-order valence-electron chi connectivity index (χ1n) is 7.74. The van der Waals surface area contributed by atoms with Crippen LogP contribution in [0.3, 0.4) is 0 Å². The summed E-state index contributed by atoms with van der Waals surface area (Å²) in [6, 6.07) is 8.51. The van der Waals surface area contributed by atoms with Crippen molar-refractivity contribution in [2.24, 2.45) is 0 Å². The van der Waals surface area contributed by atoms with Crippen LogP contribution in [-0.2, 0) is 15.1 Å².